The first-order valence-corrected chi connectivity index (χ1v) is 6.81. The highest BCUT2D eigenvalue weighted by Crippen LogP contribution is 2.17. The van der Waals surface area contributed by atoms with Crippen LogP contribution in [0.15, 0.2) is 23.1 Å². The third-order valence-corrected chi connectivity index (χ3v) is 4.04. The number of halogens is 1. The Labute approximate surface area is 105 Å². The topological polar surface area (TPSA) is 83.5 Å². The summed E-state index contributed by atoms with van der Waals surface area (Å²) < 4.78 is 39.4. The fourth-order valence-corrected chi connectivity index (χ4v) is 2.68. The van der Waals surface area contributed by atoms with Crippen molar-refractivity contribution in [2.24, 2.45) is 0 Å². The molecule has 5 nitrogen and oxygen atoms in total. The molecule has 0 aliphatic heterocycles. The van der Waals surface area contributed by atoms with Crippen LogP contribution in [-0.2, 0) is 10.0 Å². The molecule has 0 heterocycles. The summed E-state index contributed by atoms with van der Waals surface area (Å²) in [6.45, 7) is 3.41. The van der Waals surface area contributed by atoms with Gasteiger partial charge < -0.3 is 5.11 Å². The molecule has 0 radical (unpaired) electrons. The van der Waals surface area contributed by atoms with Crippen LogP contribution in [0.5, 0.6) is 0 Å². The van der Waals surface area contributed by atoms with Gasteiger partial charge in [0.25, 0.3) is 0 Å². The number of carboxylic acid groups (broad SMARTS) is 1. The van der Waals surface area contributed by atoms with Crippen LogP contribution in [0.25, 0.3) is 0 Å². The van der Waals surface area contributed by atoms with Crippen molar-refractivity contribution >= 4 is 16.0 Å². The number of carboxylic acids is 1. The van der Waals surface area contributed by atoms with Gasteiger partial charge in [-0.15, -0.1) is 0 Å². The molecule has 0 aromatic heterocycles. The zero-order valence-corrected chi connectivity index (χ0v) is 10.8. The molecule has 1 rings (SSSR count). The van der Waals surface area contributed by atoms with Crippen LogP contribution in [0.2, 0.25) is 0 Å². The second-order valence-corrected chi connectivity index (χ2v) is 5.56. The molecule has 0 aliphatic carbocycles. The molecule has 18 heavy (non-hydrogen) atoms. The number of aromatic carboxylic acids is 1. The van der Waals surface area contributed by atoms with Crippen LogP contribution in [0.3, 0.4) is 0 Å². The molecule has 1 atom stereocenters. The zero-order chi connectivity index (χ0) is 13.9. The maximum atomic E-state index is 13.5. The van der Waals surface area contributed by atoms with E-state index in [0.717, 1.165) is 18.2 Å². The molecule has 0 aliphatic rings. The van der Waals surface area contributed by atoms with Crippen molar-refractivity contribution in [1.29, 1.82) is 0 Å². The first-order chi connectivity index (χ1) is 8.27. The molecular weight excluding hydrogens is 261 g/mol. The van der Waals surface area contributed by atoms with E-state index in [1.165, 1.54) is 0 Å². The first-order valence-electron chi connectivity index (χ1n) is 5.33. The summed E-state index contributed by atoms with van der Waals surface area (Å²) in [5, 5.41) is 8.76. The van der Waals surface area contributed by atoms with Gasteiger partial charge in [0.2, 0.25) is 10.0 Å². The first kappa shape index (κ1) is 14.6. The average Bonchev–Trinajstić information content (AvgIpc) is 2.28. The Balaban J connectivity index is 3.23. The minimum absolute atomic E-state index is 0.277. The lowest BCUT2D eigenvalue weighted by atomic mass is 10.2. The van der Waals surface area contributed by atoms with Gasteiger partial charge in [-0.05, 0) is 31.5 Å². The lowest BCUT2D eigenvalue weighted by Gasteiger charge is -2.12. The average molecular weight is 275 g/mol. The monoisotopic (exact) mass is 275 g/mol. The molecule has 7 heteroatoms. The van der Waals surface area contributed by atoms with E-state index in [9.17, 15) is 17.6 Å². The Morgan fingerprint density at radius 3 is 2.61 bits per heavy atom. The van der Waals surface area contributed by atoms with E-state index in [1.807, 2.05) is 0 Å². The molecule has 0 saturated heterocycles. The molecule has 0 fully saturated rings. The predicted molar refractivity (Wildman–Crippen MR) is 63.4 cm³/mol. The van der Waals surface area contributed by atoms with Crippen molar-refractivity contribution < 1.29 is 22.7 Å². The summed E-state index contributed by atoms with van der Waals surface area (Å²) in [5.41, 5.74) is -0.277. The Hall–Kier alpha value is -1.47. The SMILES string of the molecule is CC[C@@H](C)NS(=O)(=O)c1cc(C(=O)O)ccc1F. The van der Waals surface area contributed by atoms with Gasteiger partial charge >= 0.3 is 5.97 Å². The third-order valence-electron chi connectivity index (χ3n) is 2.44. The molecule has 1 aromatic carbocycles. The highest BCUT2D eigenvalue weighted by Gasteiger charge is 2.22. The van der Waals surface area contributed by atoms with Gasteiger partial charge in [0.1, 0.15) is 10.7 Å². The molecule has 0 saturated carbocycles. The summed E-state index contributed by atoms with van der Waals surface area (Å²) in [6.07, 6.45) is 0.541. The molecule has 0 unspecified atom stereocenters. The summed E-state index contributed by atoms with van der Waals surface area (Å²) in [4.78, 5) is 10.1. The molecule has 1 aromatic rings. The van der Waals surface area contributed by atoms with Gasteiger partial charge in [0.05, 0.1) is 5.56 Å². The molecule has 0 amide bonds. The normalized spacial score (nSPS) is 13.3. The van der Waals surface area contributed by atoms with Crippen molar-refractivity contribution in [3.63, 3.8) is 0 Å². The van der Waals surface area contributed by atoms with Gasteiger partial charge in [-0.1, -0.05) is 6.92 Å². The fourth-order valence-electron chi connectivity index (χ4n) is 1.25. The standard InChI is InChI=1S/C11H14FNO4S/c1-3-7(2)13-18(16,17)10-6-8(11(14)15)4-5-9(10)12/h4-7,13H,3H2,1-2H3,(H,14,15)/t7-/m1/s1. The lowest BCUT2D eigenvalue weighted by Crippen LogP contribution is -2.32. The number of carbonyl (C=O) groups is 1. The number of nitrogens with one attached hydrogen (secondary N) is 1. The lowest BCUT2D eigenvalue weighted by molar-refractivity contribution is 0.0696. The zero-order valence-electron chi connectivity index (χ0n) is 9.97. The maximum Gasteiger partial charge on any atom is 0.335 e. The Morgan fingerprint density at radius 2 is 2.11 bits per heavy atom. The van der Waals surface area contributed by atoms with Gasteiger partial charge in [-0.3, -0.25) is 0 Å². The van der Waals surface area contributed by atoms with Crippen molar-refractivity contribution in [2.75, 3.05) is 0 Å². The van der Waals surface area contributed by atoms with Crippen LogP contribution in [0, 0.1) is 5.82 Å². The van der Waals surface area contributed by atoms with E-state index in [1.54, 1.807) is 13.8 Å². The minimum Gasteiger partial charge on any atom is -0.478 e. The third kappa shape index (κ3) is 3.27. The van der Waals surface area contributed by atoms with Gasteiger partial charge in [-0.25, -0.2) is 22.3 Å². The van der Waals surface area contributed by atoms with Gasteiger partial charge in [0, 0.05) is 6.04 Å². The van der Waals surface area contributed by atoms with Crippen molar-refractivity contribution in [3.05, 3.63) is 29.6 Å². The van der Waals surface area contributed by atoms with E-state index in [-0.39, 0.29) is 11.6 Å². The smallest absolute Gasteiger partial charge is 0.335 e. The van der Waals surface area contributed by atoms with Crippen LogP contribution >= 0.6 is 0 Å². The van der Waals surface area contributed by atoms with Gasteiger partial charge in [0.15, 0.2) is 0 Å². The summed E-state index contributed by atoms with van der Waals surface area (Å²) in [5.74, 6) is -2.29. The Bertz CT molecular complexity index is 556. The predicted octanol–water partition coefficient (Wildman–Crippen LogP) is 1.60. The molecule has 100 valence electrons. The molecule has 0 spiro atoms. The number of sulfonamides is 1. The molecule has 0 bridgehead atoms. The quantitative estimate of drug-likeness (QED) is 0.855. The number of benzene rings is 1. The Morgan fingerprint density at radius 1 is 1.50 bits per heavy atom. The highest BCUT2D eigenvalue weighted by atomic mass is 32.2. The van der Waals surface area contributed by atoms with E-state index in [4.69, 9.17) is 5.11 Å². The van der Waals surface area contributed by atoms with Crippen molar-refractivity contribution in [3.8, 4) is 0 Å². The second-order valence-electron chi connectivity index (χ2n) is 3.88. The van der Waals surface area contributed by atoms with Crippen LogP contribution < -0.4 is 4.72 Å². The molecule has 2 N–H and O–H groups in total. The van der Waals surface area contributed by atoms with Gasteiger partial charge in [-0.2, -0.15) is 0 Å². The van der Waals surface area contributed by atoms with Crippen LogP contribution in [0.4, 0.5) is 4.39 Å². The van der Waals surface area contributed by atoms with Crippen LogP contribution in [0.1, 0.15) is 30.6 Å². The van der Waals surface area contributed by atoms with E-state index >= 15 is 0 Å². The minimum atomic E-state index is -4.05. The van der Waals surface area contributed by atoms with Crippen molar-refractivity contribution in [1.82, 2.24) is 4.72 Å². The fraction of sp³-hybridized carbons (Fsp3) is 0.364. The molecular formula is C11H14FNO4S. The summed E-state index contributed by atoms with van der Waals surface area (Å²) in [7, 11) is -4.05. The summed E-state index contributed by atoms with van der Waals surface area (Å²) in [6, 6.07) is 2.29. The number of hydrogen-bond donors (Lipinski definition) is 2. The summed E-state index contributed by atoms with van der Waals surface area (Å²) >= 11 is 0. The number of hydrogen-bond acceptors (Lipinski definition) is 3. The Kier molecular flexibility index (Phi) is 4.42. The number of rotatable bonds is 5. The van der Waals surface area contributed by atoms with E-state index in [0.29, 0.717) is 6.42 Å². The largest absolute Gasteiger partial charge is 0.478 e. The highest BCUT2D eigenvalue weighted by molar-refractivity contribution is 7.89. The maximum absolute atomic E-state index is 13.5. The van der Waals surface area contributed by atoms with E-state index in [2.05, 4.69) is 4.72 Å². The van der Waals surface area contributed by atoms with E-state index < -0.39 is 26.7 Å². The van der Waals surface area contributed by atoms with Crippen molar-refractivity contribution in [2.45, 2.75) is 31.2 Å². The van der Waals surface area contributed by atoms with Crippen LogP contribution in [-0.4, -0.2) is 25.5 Å². The second kappa shape index (κ2) is 5.45.